The highest BCUT2D eigenvalue weighted by molar-refractivity contribution is 5.97. The summed E-state index contributed by atoms with van der Waals surface area (Å²) >= 11 is 0. The molecule has 1 amide bonds. The zero-order valence-electron chi connectivity index (χ0n) is 9.19. The van der Waals surface area contributed by atoms with Gasteiger partial charge < -0.3 is 10.1 Å². The van der Waals surface area contributed by atoms with E-state index in [0.29, 0.717) is 17.6 Å². The summed E-state index contributed by atoms with van der Waals surface area (Å²) in [4.78, 5) is 21.6. The molecule has 0 bridgehead atoms. The number of carbonyl (C=O) groups is 2. The first kappa shape index (κ1) is 12.0. The Kier molecular flexibility index (Phi) is 4.27. The Morgan fingerprint density at radius 1 is 1.44 bits per heavy atom. The lowest BCUT2D eigenvalue weighted by atomic mass is 10.1. The smallest absolute Gasteiger partial charge is 0.254 e. The lowest BCUT2D eigenvalue weighted by molar-refractivity contribution is -0.104. The van der Waals surface area contributed by atoms with E-state index in [-0.39, 0.29) is 5.91 Å². The summed E-state index contributed by atoms with van der Waals surface area (Å²) in [6.45, 7) is 0. The van der Waals surface area contributed by atoms with Crippen molar-refractivity contribution in [3.63, 3.8) is 0 Å². The zero-order chi connectivity index (χ0) is 12.0. The van der Waals surface area contributed by atoms with Gasteiger partial charge in [-0.1, -0.05) is 12.1 Å². The molecule has 4 nitrogen and oxygen atoms in total. The van der Waals surface area contributed by atoms with Crippen molar-refractivity contribution in [2.24, 2.45) is 0 Å². The molecule has 0 saturated heterocycles. The predicted molar refractivity (Wildman–Crippen MR) is 61.5 cm³/mol. The number of hydrogen-bond donors (Lipinski definition) is 1. The fraction of sp³-hybridized carbons (Fsp3) is 0.167. The van der Waals surface area contributed by atoms with Crippen molar-refractivity contribution in [1.29, 1.82) is 0 Å². The highest BCUT2D eigenvalue weighted by atomic mass is 16.5. The van der Waals surface area contributed by atoms with Gasteiger partial charge in [-0.3, -0.25) is 9.59 Å². The van der Waals surface area contributed by atoms with Crippen LogP contribution in [-0.2, 0) is 4.79 Å². The first-order chi connectivity index (χ1) is 7.72. The Hall–Kier alpha value is -2.10. The van der Waals surface area contributed by atoms with Crippen LogP contribution in [0.4, 0.5) is 0 Å². The largest absolute Gasteiger partial charge is 0.496 e. The highest BCUT2D eigenvalue weighted by Crippen LogP contribution is 2.20. The molecule has 0 spiro atoms. The molecule has 84 valence electrons. The molecule has 16 heavy (non-hydrogen) atoms. The standard InChI is InChI=1S/C12H13NO3/c1-13-12(15)10-6-5-9(4-3-7-14)8-11(10)16-2/h3-8H,1-2H3,(H,13,15). The van der Waals surface area contributed by atoms with Crippen LogP contribution in [-0.4, -0.2) is 26.4 Å². The maximum atomic E-state index is 11.5. The topological polar surface area (TPSA) is 55.4 Å². The number of amides is 1. The summed E-state index contributed by atoms with van der Waals surface area (Å²) in [5, 5.41) is 2.53. The van der Waals surface area contributed by atoms with E-state index in [1.165, 1.54) is 13.2 Å². The molecule has 0 unspecified atom stereocenters. The first-order valence-corrected chi connectivity index (χ1v) is 4.75. The molecule has 1 rings (SSSR count). The SMILES string of the molecule is CNC(=O)c1ccc(C=CC=O)cc1OC. The molecule has 0 aromatic heterocycles. The van der Waals surface area contributed by atoms with Crippen LogP contribution in [0.2, 0.25) is 0 Å². The van der Waals surface area contributed by atoms with Gasteiger partial charge in [-0.15, -0.1) is 0 Å². The third-order valence-electron chi connectivity index (χ3n) is 2.06. The minimum atomic E-state index is -0.206. The second-order valence-corrected chi connectivity index (χ2v) is 3.03. The molecule has 1 N–H and O–H groups in total. The van der Waals surface area contributed by atoms with Gasteiger partial charge in [0.15, 0.2) is 0 Å². The fourth-order valence-corrected chi connectivity index (χ4v) is 1.28. The van der Waals surface area contributed by atoms with E-state index in [1.807, 2.05) is 0 Å². The van der Waals surface area contributed by atoms with E-state index in [2.05, 4.69) is 5.32 Å². The number of methoxy groups -OCH3 is 1. The van der Waals surface area contributed by atoms with Crippen LogP contribution in [0.5, 0.6) is 5.75 Å². The molecule has 1 aromatic rings. The Balaban J connectivity index is 3.11. The summed E-state index contributed by atoms with van der Waals surface area (Å²) in [6, 6.07) is 5.10. The molecule has 1 aromatic carbocycles. The van der Waals surface area contributed by atoms with Crippen molar-refractivity contribution in [1.82, 2.24) is 5.32 Å². The summed E-state index contributed by atoms with van der Waals surface area (Å²) < 4.78 is 5.11. The average Bonchev–Trinajstić information content (AvgIpc) is 2.34. The molecule has 0 aliphatic carbocycles. The summed E-state index contributed by atoms with van der Waals surface area (Å²) in [5.74, 6) is 0.273. The van der Waals surface area contributed by atoms with Gasteiger partial charge in [0.05, 0.1) is 12.7 Å². The van der Waals surface area contributed by atoms with E-state index in [4.69, 9.17) is 4.74 Å². The van der Waals surface area contributed by atoms with Crippen molar-refractivity contribution in [2.45, 2.75) is 0 Å². The minimum absolute atomic E-state index is 0.206. The Labute approximate surface area is 93.9 Å². The molecule has 0 aliphatic rings. The van der Waals surface area contributed by atoms with Gasteiger partial charge in [-0.25, -0.2) is 0 Å². The van der Waals surface area contributed by atoms with Crippen molar-refractivity contribution in [3.05, 3.63) is 35.4 Å². The number of hydrogen-bond acceptors (Lipinski definition) is 3. The highest BCUT2D eigenvalue weighted by Gasteiger charge is 2.10. The van der Waals surface area contributed by atoms with Crippen LogP contribution in [0.25, 0.3) is 6.08 Å². The molecular formula is C12H13NO3. The van der Waals surface area contributed by atoms with Crippen molar-refractivity contribution in [2.75, 3.05) is 14.2 Å². The zero-order valence-corrected chi connectivity index (χ0v) is 9.19. The molecular weight excluding hydrogens is 206 g/mol. The molecule has 0 radical (unpaired) electrons. The van der Waals surface area contributed by atoms with E-state index in [1.54, 1.807) is 31.3 Å². The lowest BCUT2D eigenvalue weighted by Gasteiger charge is -2.07. The Bertz CT molecular complexity index is 424. The number of aldehydes is 1. The summed E-state index contributed by atoms with van der Waals surface area (Å²) in [5.41, 5.74) is 1.27. The van der Waals surface area contributed by atoms with Crippen molar-refractivity contribution in [3.8, 4) is 5.75 Å². The summed E-state index contributed by atoms with van der Waals surface area (Å²) in [7, 11) is 3.05. The summed E-state index contributed by atoms with van der Waals surface area (Å²) in [6.07, 6.45) is 3.72. The van der Waals surface area contributed by atoms with Crippen LogP contribution in [0.3, 0.4) is 0 Å². The average molecular weight is 219 g/mol. The van der Waals surface area contributed by atoms with Crippen LogP contribution < -0.4 is 10.1 Å². The van der Waals surface area contributed by atoms with Crippen molar-refractivity contribution >= 4 is 18.3 Å². The van der Waals surface area contributed by atoms with Crippen molar-refractivity contribution < 1.29 is 14.3 Å². The van der Waals surface area contributed by atoms with Gasteiger partial charge in [0, 0.05) is 7.05 Å². The van der Waals surface area contributed by atoms with Crippen LogP contribution >= 0.6 is 0 Å². The minimum Gasteiger partial charge on any atom is -0.496 e. The molecule has 0 saturated carbocycles. The van der Waals surface area contributed by atoms with Gasteiger partial charge in [-0.05, 0) is 23.8 Å². The van der Waals surface area contributed by atoms with Gasteiger partial charge in [-0.2, -0.15) is 0 Å². The fourth-order valence-electron chi connectivity index (χ4n) is 1.28. The Morgan fingerprint density at radius 2 is 2.19 bits per heavy atom. The normalized spacial score (nSPS) is 10.1. The van der Waals surface area contributed by atoms with Gasteiger partial charge >= 0.3 is 0 Å². The van der Waals surface area contributed by atoms with Crippen LogP contribution in [0, 0.1) is 0 Å². The molecule has 0 atom stereocenters. The number of rotatable bonds is 4. The van der Waals surface area contributed by atoms with E-state index in [0.717, 1.165) is 5.56 Å². The number of benzene rings is 1. The third-order valence-corrected chi connectivity index (χ3v) is 2.06. The number of ether oxygens (including phenoxy) is 1. The van der Waals surface area contributed by atoms with E-state index in [9.17, 15) is 9.59 Å². The molecule has 0 aliphatic heterocycles. The van der Waals surface area contributed by atoms with Crippen LogP contribution in [0.1, 0.15) is 15.9 Å². The maximum Gasteiger partial charge on any atom is 0.254 e. The number of carbonyl (C=O) groups excluding carboxylic acids is 2. The molecule has 4 heteroatoms. The second-order valence-electron chi connectivity index (χ2n) is 3.03. The van der Waals surface area contributed by atoms with Gasteiger partial charge in [0.25, 0.3) is 5.91 Å². The monoisotopic (exact) mass is 219 g/mol. The van der Waals surface area contributed by atoms with Crippen LogP contribution in [0.15, 0.2) is 24.3 Å². The first-order valence-electron chi connectivity index (χ1n) is 4.75. The van der Waals surface area contributed by atoms with E-state index < -0.39 is 0 Å². The lowest BCUT2D eigenvalue weighted by Crippen LogP contribution is -2.18. The quantitative estimate of drug-likeness (QED) is 0.612. The number of allylic oxidation sites excluding steroid dienone is 1. The number of nitrogens with one attached hydrogen (secondary N) is 1. The predicted octanol–water partition coefficient (Wildman–Crippen LogP) is 1.27. The van der Waals surface area contributed by atoms with Gasteiger partial charge in [0.1, 0.15) is 12.0 Å². The second kappa shape index (κ2) is 5.70. The third kappa shape index (κ3) is 2.70. The van der Waals surface area contributed by atoms with Gasteiger partial charge in [0.2, 0.25) is 0 Å². The molecule has 0 heterocycles. The molecule has 0 fully saturated rings. The van der Waals surface area contributed by atoms with E-state index >= 15 is 0 Å². The maximum absolute atomic E-state index is 11.5. The Morgan fingerprint density at radius 3 is 2.75 bits per heavy atom.